The maximum atomic E-state index is 5.90. The summed E-state index contributed by atoms with van der Waals surface area (Å²) < 4.78 is 0. The van der Waals surface area contributed by atoms with E-state index in [9.17, 15) is 0 Å². The zero-order chi connectivity index (χ0) is 14.7. The zero-order valence-electron chi connectivity index (χ0n) is 12.4. The maximum Gasteiger partial charge on any atom is 0.0670 e. The molecule has 1 aromatic heterocycles. The molecule has 0 amide bonds. The lowest BCUT2D eigenvalue weighted by Gasteiger charge is -2.42. The second-order valence-corrected chi connectivity index (χ2v) is 5.59. The third-order valence-electron chi connectivity index (χ3n) is 4.18. The van der Waals surface area contributed by atoms with Crippen molar-refractivity contribution in [1.29, 1.82) is 0 Å². The summed E-state index contributed by atoms with van der Waals surface area (Å²) in [6.07, 6.45) is 3.77. The lowest BCUT2D eigenvalue weighted by molar-refractivity contribution is 0.269. The van der Waals surface area contributed by atoms with Gasteiger partial charge in [-0.3, -0.25) is 4.98 Å². The van der Waals surface area contributed by atoms with Gasteiger partial charge in [0, 0.05) is 32.4 Å². The van der Waals surface area contributed by atoms with Gasteiger partial charge in [0.25, 0.3) is 0 Å². The molecule has 2 heterocycles. The second-order valence-electron chi connectivity index (χ2n) is 5.59. The molecule has 21 heavy (non-hydrogen) atoms. The highest BCUT2D eigenvalue weighted by atomic mass is 15.3. The van der Waals surface area contributed by atoms with E-state index in [2.05, 4.69) is 52.2 Å². The number of anilines is 1. The molecule has 0 aliphatic carbocycles. The van der Waals surface area contributed by atoms with Gasteiger partial charge < -0.3 is 15.5 Å². The van der Waals surface area contributed by atoms with Crippen molar-refractivity contribution in [3.8, 4) is 0 Å². The first kappa shape index (κ1) is 14.0. The summed E-state index contributed by atoms with van der Waals surface area (Å²) >= 11 is 0. The van der Waals surface area contributed by atoms with Crippen molar-refractivity contribution in [1.82, 2.24) is 9.88 Å². The minimum Gasteiger partial charge on any atom is -0.360 e. The monoisotopic (exact) mass is 282 g/mol. The van der Waals surface area contributed by atoms with Gasteiger partial charge in [0.2, 0.25) is 0 Å². The molecule has 1 atom stereocenters. The summed E-state index contributed by atoms with van der Waals surface area (Å²) in [7, 11) is 2.18. The van der Waals surface area contributed by atoms with Crippen LogP contribution in [0.2, 0.25) is 0 Å². The highest BCUT2D eigenvalue weighted by Crippen LogP contribution is 2.31. The quantitative estimate of drug-likeness (QED) is 0.935. The molecule has 110 valence electrons. The third-order valence-corrected chi connectivity index (χ3v) is 4.18. The summed E-state index contributed by atoms with van der Waals surface area (Å²) in [6.45, 7) is 3.62. The van der Waals surface area contributed by atoms with E-state index in [-0.39, 0.29) is 0 Å². The Morgan fingerprint density at radius 2 is 2.00 bits per heavy atom. The van der Waals surface area contributed by atoms with E-state index in [4.69, 9.17) is 5.73 Å². The maximum absolute atomic E-state index is 5.90. The van der Waals surface area contributed by atoms with Gasteiger partial charge in [0.05, 0.1) is 17.9 Å². The Balaban J connectivity index is 1.98. The van der Waals surface area contributed by atoms with Crippen LogP contribution in [0.5, 0.6) is 0 Å². The third kappa shape index (κ3) is 2.91. The Bertz CT molecular complexity index is 584. The molecule has 1 saturated heterocycles. The number of nitrogens with zero attached hydrogens (tertiary/aromatic N) is 3. The molecule has 0 saturated carbocycles. The van der Waals surface area contributed by atoms with Crippen LogP contribution in [0.1, 0.15) is 17.2 Å². The molecule has 1 aromatic carbocycles. The molecule has 0 spiro atoms. The van der Waals surface area contributed by atoms with Crippen molar-refractivity contribution in [2.24, 2.45) is 5.73 Å². The van der Waals surface area contributed by atoms with Gasteiger partial charge in [0.15, 0.2) is 0 Å². The zero-order valence-corrected chi connectivity index (χ0v) is 12.4. The fourth-order valence-corrected chi connectivity index (χ4v) is 3.01. The van der Waals surface area contributed by atoms with Crippen molar-refractivity contribution in [3.05, 3.63) is 59.9 Å². The summed E-state index contributed by atoms with van der Waals surface area (Å²) in [5.41, 5.74) is 9.58. The molecule has 3 rings (SSSR count). The first-order chi connectivity index (χ1) is 10.3. The number of pyridine rings is 1. The molecular weight excluding hydrogens is 260 g/mol. The fraction of sp³-hybridized carbons (Fsp3) is 0.353. The largest absolute Gasteiger partial charge is 0.360 e. The van der Waals surface area contributed by atoms with E-state index in [0.29, 0.717) is 12.6 Å². The van der Waals surface area contributed by atoms with E-state index >= 15 is 0 Å². The van der Waals surface area contributed by atoms with Crippen molar-refractivity contribution in [2.45, 2.75) is 12.6 Å². The van der Waals surface area contributed by atoms with Crippen molar-refractivity contribution in [3.63, 3.8) is 0 Å². The molecule has 1 unspecified atom stereocenters. The van der Waals surface area contributed by atoms with Gasteiger partial charge in [-0.1, -0.05) is 30.3 Å². The van der Waals surface area contributed by atoms with E-state index < -0.39 is 0 Å². The number of rotatable bonds is 3. The van der Waals surface area contributed by atoms with Crippen LogP contribution in [-0.2, 0) is 6.54 Å². The summed E-state index contributed by atoms with van der Waals surface area (Å²) in [5, 5.41) is 0. The van der Waals surface area contributed by atoms with Crippen LogP contribution in [0.15, 0.2) is 48.8 Å². The van der Waals surface area contributed by atoms with Crippen LogP contribution in [0, 0.1) is 0 Å². The molecule has 0 radical (unpaired) electrons. The molecule has 4 nitrogen and oxygen atoms in total. The predicted octanol–water partition coefficient (Wildman–Crippen LogP) is 2.03. The smallest absolute Gasteiger partial charge is 0.0670 e. The SMILES string of the molecule is CN1CCN(c2cnccc2CN)C(c2ccccc2)C1. The van der Waals surface area contributed by atoms with Crippen molar-refractivity contribution >= 4 is 5.69 Å². The number of piperazine rings is 1. The molecule has 2 N–H and O–H groups in total. The van der Waals surface area contributed by atoms with Crippen molar-refractivity contribution in [2.75, 3.05) is 31.6 Å². The number of aromatic nitrogens is 1. The summed E-state index contributed by atoms with van der Waals surface area (Å²) in [4.78, 5) is 9.14. The predicted molar refractivity (Wildman–Crippen MR) is 86.2 cm³/mol. The number of likely N-dealkylation sites (N-methyl/N-ethyl adjacent to an activating group) is 1. The standard InChI is InChI=1S/C17H22N4/c1-20-9-10-21(16-12-19-8-7-15(16)11-18)17(13-20)14-5-3-2-4-6-14/h2-8,12,17H,9-11,13,18H2,1H3. The molecule has 0 bridgehead atoms. The number of hydrogen-bond donors (Lipinski definition) is 1. The molecule has 1 fully saturated rings. The van der Waals surface area contributed by atoms with Crippen LogP contribution < -0.4 is 10.6 Å². The van der Waals surface area contributed by atoms with Crippen LogP contribution in [0.4, 0.5) is 5.69 Å². The van der Waals surface area contributed by atoms with Crippen LogP contribution >= 0.6 is 0 Å². The molecule has 1 aliphatic heterocycles. The number of hydrogen-bond acceptors (Lipinski definition) is 4. The summed E-state index contributed by atoms with van der Waals surface area (Å²) in [5.74, 6) is 0. The van der Waals surface area contributed by atoms with Crippen molar-refractivity contribution < 1.29 is 0 Å². The van der Waals surface area contributed by atoms with Crippen LogP contribution in [0.3, 0.4) is 0 Å². The van der Waals surface area contributed by atoms with Gasteiger partial charge in [-0.15, -0.1) is 0 Å². The van der Waals surface area contributed by atoms with Crippen LogP contribution in [-0.4, -0.2) is 36.6 Å². The Hall–Kier alpha value is -1.91. The average Bonchev–Trinajstić information content (AvgIpc) is 2.55. The highest BCUT2D eigenvalue weighted by Gasteiger charge is 2.27. The highest BCUT2D eigenvalue weighted by molar-refractivity contribution is 5.54. The first-order valence-corrected chi connectivity index (χ1v) is 7.42. The van der Waals surface area contributed by atoms with E-state index in [1.165, 1.54) is 11.3 Å². The van der Waals surface area contributed by atoms with Crippen LogP contribution in [0.25, 0.3) is 0 Å². The Morgan fingerprint density at radius 1 is 1.19 bits per heavy atom. The van der Waals surface area contributed by atoms with Gasteiger partial charge in [-0.05, 0) is 24.2 Å². The second kappa shape index (κ2) is 6.24. The normalized spacial score (nSPS) is 19.7. The van der Waals surface area contributed by atoms with Gasteiger partial charge in [0.1, 0.15) is 0 Å². The number of benzene rings is 1. The summed E-state index contributed by atoms with van der Waals surface area (Å²) in [6, 6.07) is 13.1. The van der Waals surface area contributed by atoms with E-state index in [1.807, 2.05) is 18.5 Å². The minimum absolute atomic E-state index is 0.347. The first-order valence-electron chi connectivity index (χ1n) is 7.42. The topological polar surface area (TPSA) is 45.4 Å². The van der Waals surface area contributed by atoms with Gasteiger partial charge in [-0.25, -0.2) is 0 Å². The van der Waals surface area contributed by atoms with Gasteiger partial charge in [-0.2, -0.15) is 0 Å². The lowest BCUT2D eigenvalue weighted by atomic mass is 10.0. The fourth-order valence-electron chi connectivity index (χ4n) is 3.01. The Kier molecular flexibility index (Phi) is 4.18. The molecule has 2 aromatic rings. The average molecular weight is 282 g/mol. The van der Waals surface area contributed by atoms with Gasteiger partial charge >= 0.3 is 0 Å². The van der Waals surface area contributed by atoms with E-state index in [0.717, 1.165) is 25.2 Å². The Labute approximate surface area is 126 Å². The number of nitrogens with two attached hydrogens (primary N) is 1. The molecular formula is C17H22N4. The van der Waals surface area contributed by atoms with E-state index in [1.54, 1.807) is 0 Å². The lowest BCUT2D eigenvalue weighted by Crippen LogP contribution is -2.47. The molecule has 4 heteroatoms. The molecule has 1 aliphatic rings. The minimum atomic E-state index is 0.347. The Morgan fingerprint density at radius 3 is 2.76 bits per heavy atom.